The molecule has 0 saturated heterocycles. The van der Waals surface area contributed by atoms with E-state index in [1.54, 1.807) is 0 Å². The number of para-hydroxylation sites is 2. The summed E-state index contributed by atoms with van der Waals surface area (Å²) in [5.74, 6) is 3.87. The van der Waals surface area contributed by atoms with Gasteiger partial charge in [-0.15, -0.1) is 28.3 Å². The molecular weight excluding hydrogens is 722 g/mol. The summed E-state index contributed by atoms with van der Waals surface area (Å²) in [7, 11) is 3.08. The van der Waals surface area contributed by atoms with Gasteiger partial charge in [0.05, 0.1) is 27.6 Å². The maximum atomic E-state index is 5.41. The summed E-state index contributed by atoms with van der Waals surface area (Å²) in [6, 6.07) is 41.2. The Hall–Kier alpha value is -2.66. The van der Waals surface area contributed by atoms with Gasteiger partial charge in [0.15, 0.2) is 0 Å². The van der Waals surface area contributed by atoms with Crippen LogP contribution in [0.5, 0.6) is 0 Å². The zero-order valence-corrected chi connectivity index (χ0v) is 35.5. The molecule has 4 bridgehead atoms. The Kier molecular flexibility index (Phi) is 11.0. The molecule has 4 aromatic carbocycles. The van der Waals surface area contributed by atoms with Gasteiger partial charge in [-0.3, -0.25) is 9.97 Å². The molecule has 2 aromatic heterocycles. The first-order chi connectivity index (χ1) is 24.9. The average Bonchev–Trinajstić information content (AvgIpc) is 3.84. The monoisotopic (exact) mass is 778 g/mol. The molecule has 0 aliphatic heterocycles. The van der Waals surface area contributed by atoms with Crippen LogP contribution in [0.25, 0.3) is 21.8 Å². The van der Waals surface area contributed by atoms with Gasteiger partial charge >= 0.3 is 0 Å². The van der Waals surface area contributed by atoms with Crippen molar-refractivity contribution < 1.29 is 17.1 Å². The third-order valence-corrected chi connectivity index (χ3v) is 17.4. The third kappa shape index (κ3) is 7.64. The van der Waals surface area contributed by atoms with Crippen molar-refractivity contribution in [3.8, 4) is 0 Å². The van der Waals surface area contributed by atoms with Crippen LogP contribution >= 0.6 is 17.2 Å². The number of benzene rings is 2. The molecule has 2 atom stereocenters. The zero-order valence-electron chi connectivity index (χ0n) is 32.4. The van der Waals surface area contributed by atoms with Crippen molar-refractivity contribution >= 4 is 39.0 Å². The Labute approximate surface area is 332 Å². The minimum absolute atomic E-state index is 0. The molecule has 4 aliphatic rings. The van der Waals surface area contributed by atoms with E-state index in [2.05, 4.69) is 136 Å². The van der Waals surface area contributed by atoms with E-state index in [0.29, 0.717) is 0 Å². The zero-order chi connectivity index (χ0) is 36.3. The van der Waals surface area contributed by atoms with E-state index in [4.69, 9.17) is 9.97 Å². The van der Waals surface area contributed by atoms with Crippen LogP contribution in [-0.2, 0) is 33.8 Å². The topological polar surface area (TPSA) is 25.8 Å². The van der Waals surface area contributed by atoms with Crippen LogP contribution < -0.4 is 0 Å². The number of rotatable bonds is 6. The molecule has 282 valence electrons. The van der Waals surface area contributed by atoms with Gasteiger partial charge in [-0.05, 0) is 90.9 Å². The normalized spacial score (nSPS) is 23.0. The largest absolute Gasteiger partial charge is 0.748 e. The molecule has 6 aromatic rings. The van der Waals surface area contributed by atoms with E-state index in [9.17, 15) is 0 Å². The Morgan fingerprint density at radius 3 is 1.60 bits per heavy atom. The summed E-state index contributed by atoms with van der Waals surface area (Å²) in [6.45, 7) is 14.8. The fraction of sp³-hybridized carbons (Fsp3) is 0.417. The van der Waals surface area contributed by atoms with Gasteiger partial charge in [-0.2, -0.15) is 11.6 Å². The molecule has 2 nitrogen and oxygen atoms in total. The molecular formula is C48H56FeN2P2-6. The fourth-order valence-corrected chi connectivity index (χ4v) is 14.5. The summed E-state index contributed by atoms with van der Waals surface area (Å²) < 4.78 is 0. The predicted molar refractivity (Wildman–Crippen MR) is 227 cm³/mol. The van der Waals surface area contributed by atoms with Gasteiger partial charge in [0.1, 0.15) is 0 Å². The van der Waals surface area contributed by atoms with Crippen LogP contribution in [0.3, 0.4) is 0 Å². The molecule has 0 N–H and O–H groups in total. The van der Waals surface area contributed by atoms with E-state index >= 15 is 0 Å². The first kappa shape index (κ1) is 38.6. The second-order valence-electron chi connectivity index (χ2n) is 18.2. The maximum absolute atomic E-state index is 5.41. The SMILES string of the molecule is CC(C)(C)c1cc(C(P)(c2ccc3ccccc3n2)c2ccc3ccccc3n2)[c-](CP(C2C3CC4CC(C3)CC2C4)C(C)(C)C)c1.[Fe].[cH-]1[cH-][cH-][cH-][cH-]1. The molecule has 5 heteroatoms. The van der Waals surface area contributed by atoms with Crippen LogP contribution in [0.2, 0.25) is 0 Å². The van der Waals surface area contributed by atoms with Crippen LogP contribution in [0, 0.1) is 23.7 Å². The summed E-state index contributed by atoms with van der Waals surface area (Å²) >= 11 is 0. The molecule has 2 heterocycles. The Balaban J connectivity index is 0.000000671. The number of nitrogens with zero attached hydrogens (tertiary/aromatic N) is 2. The number of aromatic nitrogens is 2. The van der Waals surface area contributed by atoms with E-state index < -0.39 is 5.16 Å². The Morgan fingerprint density at radius 2 is 1.15 bits per heavy atom. The molecule has 4 fully saturated rings. The maximum Gasteiger partial charge on any atom is 0.0710 e. The number of pyridine rings is 2. The standard InChI is InChI=1S/C43H51N2P2.C5H5.Fe/c1-41(2,3)34-24-33(26-47(42(4,5)6)40-31-20-27-19-28(22-31)23-32(40)21-27)35(25-34)43(46,38-17-15-29-11-7-9-13-36(29)44-38)39-18-16-30-12-8-10-14-37(30)45-39;1-2-4-5-3-1;/h7-18,24-25,27-28,31-32,40H,19-23,26,46H2,1-6H3;1-5H;/q-1;-5;. The molecule has 4 saturated carbocycles. The van der Waals surface area contributed by atoms with Gasteiger partial charge < -0.3 is 30.3 Å². The fourth-order valence-electron chi connectivity index (χ4n) is 10.2. The van der Waals surface area contributed by atoms with Crippen molar-refractivity contribution in [2.45, 2.75) is 101 Å². The summed E-state index contributed by atoms with van der Waals surface area (Å²) in [5, 5.41) is 2.05. The van der Waals surface area contributed by atoms with Crippen LogP contribution in [0.4, 0.5) is 0 Å². The molecule has 53 heavy (non-hydrogen) atoms. The summed E-state index contributed by atoms with van der Waals surface area (Å²) in [5.41, 5.74) is 9.40. The van der Waals surface area contributed by atoms with E-state index in [1.165, 1.54) is 65.7 Å². The Morgan fingerprint density at radius 1 is 0.679 bits per heavy atom. The molecule has 0 amide bonds. The molecule has 10 rings (SSSR count). The number of hydrogen-bond donors (Lipinski definition) is 0. The summed E-state index contributed by atoms with van der Waals surface area (Å²) in [4.78, 5) is 10.8. The van der Waals surface area contributed by atoms with Crippen molar-refractivity contribution in [1.29, 1.82) is 0 Å². The Bertz CT molecular complexity index is 2030. The van der Waals surface area contributed by atoms with Crippen LogP contribution in [-0.4, -0.2) is 20.8 Å². The van der Waals surface area contributed by atoms with E-state index in [-0.39, 0.29) is 35.6 Å². The van der Waals surface area contributed by atoms with Crippen molar-refractivity contribution in [3.63, 3.8) is 0 Å². The molecule has 4 aliphatic carbocycles. The first-order valence-corrected chi connectivity index (χ1v) is 21.8. The van der Waals surface area contributed by atoms with Gasteiger partial charge in [0.25, 0.3) is 0 Å². The van der Waals surface area contributed by atoms with Crippen molar-refractivity contribution in [1.82, 2.24) is 9.97 Å². The van der Waals surface area contributed by atoms with Crippen molar-refractivity contribution in [2.24, 2.45) is 23.7 Å². The summed E-state index contributed by atoms with van der Waals surface area (Å²) in [6.07, 6.45) is 8.65. The predicted octanol–water partition coefficient (Wildman–Crippen LogP) is 13.0. The number of hydrogen-bond acceptors (Lipinski definition) is 2. The average molecular weight is 779 g/mol. The van der Waals surface area contributed by atoms with Crippen molar-refractivity contribution in [2.75, 3.05) is 0 Å². The van der Waals surface area contributed by atoms with Crippen LogP contribution in [0.1, 0.15) is 102 Å². The first-order valence-electron chi connectivity index (χ1n) is 19.6. The minimum atomic E-state index is -0.587. The minimum Gasteiger partial charge on any atom is -0.748 e. The molecule has 0 spiro atoms. The van der Waals surface area contributed by atoms with Gasteiger partial charge in [-0.1, -0.05) is 102 Å². The number of fused-ring (bicyclic) bond motifs is 2. The van der Waals surface area contributed by atoms with E-state index in [1.807, 2.05) is 30.3 Å². The van der Waals surface area contributed by atoms with Crippen molar-refractivity contribution in [3.05, 3.63) is 143 Å². The quantitative estimate of drug-likeness (QED) is 0.0956. The van der Waals surface area contributed by atoms with Crippen LogP contribution in [0.15, 0.2) is 115 Å². The van der Waals surface area contributed by atoms with Gasteiger partial charge in [0.2, 0.25) is 0 Å². The second kappa shape index (κ2) is 15.1. The van der Waals surface area contributed by atoms with Gasteiger partial charge in [0, 0.05) is 27.8 Å². The van der Waals surface area contributed by atoms with E-state index in [0.717, 1.165) is 51.8 Å². The molecule has 0 radical (unpaired) electrons. The smallest absolute Gasteiger partial charge is 0.0710 e. The third-order valence-electron chi connectivity index (χ3n) is 12.6. The van der Waals surface area contributed by atoms with Gasteiger partial charge in [-0.25, -0.2) is 6.07 Å². The molecule has 2 unspecified atom stereocenters. The second-order valence-corrected chi connectivity index (χ2v) is 22.3.